The Labute approximate surface area is 110 Å². The summed E-state index contributed by atoms with van der Waals surface area (Å²) in [5, 5.41) is 5.23. The highest BCUT2D eigenvalue weighted by atomic mass is 35.5. The fraction of sp³-hybridized carbons (Fsp3) is 0.0714. The predicted octanol–water partition coefficient (Wildman–Crippen LogP) is 3.83. The highest BCUT2D eigenvalue weighted by Gasteiger charge is 2.03. The molecule has 90 valence electrons. The minimum absolute atomic E-state index is 0.737. The fourth-order valence-corrected chi connectivity index (χ4v) is 2.14. The number of pyridine rings is 1. The third-order valence-electron chi connectivity index (χ3n) is 2.84. The second kappa shape index (κ2) is 4.70. The minimum atomic E-state index is 0.737. The molecule has 0 aliphatic heterocycles. The van der Waals surface area contributed by atoms with Crippen molar-refractivity contribution in [1.29, 1.82) is 0 Å². The molecule has 0 unspecified atom stereocenters. The number of aromatic nitrogens is 2. The van der Waals surface area contributed by atoms with Crippen LogP contribution in [-0.2, 0) is 6.54 Å². The molecule has 3 aromatic rings. The van der Waals surface area contributed by atoms with Crippen LogP contribution >= 0.6 is 11.6 Å². The molecule has 3 rings (SSSR count). The van der Waals surface area contributed by atoms with E-state index in [1.807, 2.05) is 36.5 Å². The summed E-state index contributed by atoms with van der Waals surface area (Å²) < 4.78 is 0. The van der Waals surface area contributed by atoms with Gasteiger partial charge in [0.2, 0.25) is 0 Å². The molecular weight excluding hydrogens is 246 g/mol. The maximum absolute atomic E-state index is 5.94. The minimum Gasteiger partial charge on any atom is -0.381 e. The van der Waals surface area contributed by atoms with Gasteiger partial charge in [0, 0.05) is 35.0 Å². The maximum Gasteiger partial charge on any atom is 0.137 e. The highest BCUT2D eigenvalue weighted by Crippen LogP contribution is 2.19. The van der Waals surface area contributed by atoms with Crippen molar-refractivity contribution in [3.8, 4) is 0 Å². The molecule has 3 nitrogen and oxygen atoms in total. The molecule has 1 aromatic carbocycles. The van der Waals surface area contributed by atoms with Gasteiger partial charge in [0.15, 0.2) is 0 Å². The van der Waals surface area contributed by atoms with E-state index in [0.29, 0.717) is 0 Å². The third kappa shape index (κ3) is 2.17. The molecule has 18 heavy (non-hydrogen) atoms. The van der Waals surface area contributed by atoms with Gasteiger partial charge in [-0.2, -0.15) is 0 Å². The van der Waals surface area contributed by atoms with Gasteiger partial charge in [-0.15, -0.1) is 0 Å². The van der Waals surface area contributed by atoms with E-state index in [2.05, 4.69) is 21.4 Å². The summed E-state index contributed by atoms with van der Waals surface area (Å²) in [7, 11) is 0. The molecule has 0 bridgehead atoms. The Hall–Kier alpha value is -2.00. The molecule has 0 amide bonds. The molecule has 0 saturated carbocycles. The second-order valence-corrected chi connectivity index (χ2v) is 4.51. The Morgan fingerprint density at radius 2 is 2.17 bits per heavy atom. The number of nitrogens with zero attached hydrogens (tertiary/aromatic N) is 1. The molecule has 0 aliphatic rings. The van der Waals surface area contributed by atoms with Crippen LogP contribution in [0, 0.1) is 0 Å². The van der Waals surface area contributed by atoms with Gasteiger partial charge < -0.3 is 10.3 Å². The van der Waals surface area contributed by atoms with Gasteiger partial charge >= 0.3 is 0 Å². The first-order valence-corrected chi connectivity index (χ1v) is 6.11. The maximum atomic E-state index is 5.94. The van der Waals surface area contributed by atoms with E-state index < -0.39 is 0 Å². The van der Waals surface area contributed by atoms with Crippen LogP contribution in [0.25, 0.3) is 11.0 Å². The van der Waals surface area contributed by atoms with Crippen LogP contribution < -0.4 is 5.32 Å². The van der Waals surface area contributed by atoms with E-state index in [9.17, 15) is 0 Å². The lowest BCUT2D eigenvalue weighted by Gasteiger charge is -2.05. The lowest BCUT2D eigenvalue weighted by molar-refractivity contribution is 1.16. The summed E-state index contributed by atoms with van der Waals surface area (Å²) in [6, 6.07) is 11.7. The average Bonchev–Trinajstić information content (AvgIpc) is 2.80. The zero-order valence-corrected chi connectivity index (χ0v) is 10.4. The van der Waals surface area contributed by atoms with Gasteiger partial charge in [0.25, 0.3) is 0 Å². The normalized spacial score (nSPS) is 10.7. The van der Waals surface area contributed by atoms with E-state index in [4.69, 9.17) is 11.6 Å². The Balaban J connectivity index is 1.81. The highest BCUT2D eigenvalue weighted by molar-refractivity contribution is 6.30. The first-order valence-electron chi connectivity index (χ1n) is 5.73. The van der Waals surface area contributed by atoms with Crippen molar-refractivity contribution in [3.05, 3.63) is 59.4 Å². The molecule has 0 fully saturated rings. The number of hydrogen-bond donors (Lipinski definition) is 2. The van der Waals surface area contributed by atoms with Gasteiger partial charge in [-0.25, -0.2) is 4.98 Å². The van der Waals surface area contributed by atoms with Gasteiger partial charge in [-0.05, 0) is 35.9 Å². The summed E-state index contributed by atoms with van der Waals surface area (Å²) >= 11 is 5.94. The van der Waals surface area contributed by atoms with Crippen LogP contribution in [0.4, 0.5) is 5.69 Å². The molecule has 4 heteroatoms. The number of halogens is 1. The average molecular weight is 258 g/mol. The van der Waals surface area contributed by atoms with Crippen molar-refractivity contribution in [3.63, 3.8) is 0 Å². The van der Waals surface area contributed by atoms with Crippen molar-refractivity contribution in [2.45, 2.75) is 6.54 Å². The van der Waals surface area contributed by atoms with E-state index in [1.165, 1.54) is 5.56 Å². The van der Waals surface area contributed by atoms with E-state index in [-0.39, 0.29) is 0 Å². The molecule has 2 heterocycles. The number of hydrogen-bond acceptors (Lipinski definition) is 2. The van der Waals surface area contributed by atoms with E-state index in [1.54, 1.807) is 6.20 Å². The first kappa shape index (κ1) is 11.1. The Bertz CT molecular complexity index is 675. The van der Waals surface area contributed by atoms with Gasteiger partial charge in [-0.3, -0.25) is 0 Å². The summed E-state index contributed by atoms with van der Waals surface area (Å²) in [5.41, 5.74) is 3.12. The lowest BCUT2D eigenvalue weighted by Crippen LogP contribution is -1.98. The van der Waals surface area contributed by atoms with Crippen LogP contribution in [0.5, 0.6) is 0 Å². The standard InChI is InChI=1S/C14H12ClN3/c15-11-3-1-4-12(7-11)17-8-10-9-18-14-13(10)5-2-6-16-14/h1-7,9,17H,8H2,(H,16,18). The number of anilines is 1. The van der Waals surface area contributed by atoms with Gasteiger partial charge in [0.05, 0.1) is 0 Å². The number of nitrogens with one attached hydrogen (secondary N) is 2. The molecule has 2 aromatic heterocycles. The van der Waals surface area contributed by atoms with Crippen LogP contribution in [0.1, 0.15) is 5.56 Å². The third-order valence-corrected chi connectivity index (χ3v) is 3.08. The molecule has 0 atom stereocenters. The number of H-pyrrole nitrogens is 1. The summed E-state index contributed by atoms with van der Waals surface area (Å²) in [6.45, 7) is 0.742. The zero-order chi connectivity index (χ0) is 12.4. The predicted molar refractivity (Wildman–Crippen MR) is 74.9 cm³/mol. The number of rotatable bonds is 3. The van der Waals surface area contributed by atoms with Gasteiger partial charge in [0.1, 0.15) is 5.65 Å². The SMILES string of the molecule is Clc1cccc(NCc2c[nH]c3ncccc23)c1. The zero-order valence-electron chi connectivity index (χ0n) is 9.65. The van der Waals surface area contributed by atoms with Crippen LogP contribution in [0.2, 0.25) is 5.02 Å². The number of aromatic amines is 1. The summed E-state index contributed by atoms with van der Waals surface area (Å²) in [5.74, 6) is 0. The van der Waals surface area contributed by atoms with Crippen LogP contribution in [-0.4, -0.2) is 9.97 Å². The largest absolute Gasteiger partial charge is 0.381 e. The lowest BCUT2D eigenvalue weighted by atomic mass is 10.2. The molecule has 0 radical (unpaired) electrons. The summed E-state index contributed by atoms with van der Waals surface area (Å²) in [4.78, 5) is 7.43. The molecular formula is C14H12ClN3. The Morgan fingerprint density at radius 1 is 1.22 bits per heavy atom. The monoisotopic (exact) mass is 257 g/mol. The smallest absolute Gasteiger partial charge is 0.137 e. The molecule has 0 saturated heterocycles. The fourth-order valence-electron chi connectivity index (χ4n) is 1.95. The molecule has 0 spiro atoms. The Morgan fingerprint density at radius 3 is 3.06 bits per heavy atom. The van der Waals surface area contributed by atoms with Crippen LogP contribution in [0.15, 0.2) is 48.8 Å². The molecule has 2 N–H and O–H groups in total. The topological polar surface area (TPSA) is 40.7 Å². The second-order valence-electron chi connectivity index (χ2n) is 4.08. The van der Waals surface area contributed by atoms with Crippen molar-refractivity contribution in [2.24, 2.45) is 0 Å². The van der Waals surface area contributed by atoms with Crippen LogP contribution in [0.3, 0.4) is 0 Å². The van der Waals surface area contributed by atoms with Crippen molar-refractivity contribution >= 4 is 28.3 Å². The first-order chi connectivity index (χ1) is 8.83. The van der Waals surface area contributed by atoms with Crippen molar-refractivity contribution in [2.75, 3.05) is 5.32 Å². The van der Waals surface area contributed by atoms with Crippen molar-refractivity contribution < 1.29 is 0 Å². The quantitative estimate of drug-likeness (QED) is 0.749. The van der Waals surface area contributed by atoms with E-state index in [0.717, 1.165) is 28.3 Å². The van der Waals surface area contributed by atoms with Gasteiger partial charge in [-0.1, -0.05) is 17.7 Å². The number of benzene rings is 1. The van der Waals surface area contributed by atoms with Crippen molar-refractivity contribution in [1.82, 2.24) is 9.97 Å². The number of fused-ring (bicyclic) bond motifs is 1. The summed E-state index contributed by atoms with van der Waals surface area (Å²) in [6.07, 6.45) is 3.77. The molecule has 0 aliphatic carbocycles. The Kier molecular flexibility index (Phi) is 2.90. The van der Waals surface area contributed by atoms with E-state index >= 15 is 0 Å².